The van der Waals surface area contributed by atoms with Gasteiger partial charge in [-0.05, 0) is 13.8 Å². The van der Waals surface area contributed by atoms with Crippen LogP contribution in [0.4, 0.5) is 4.79 Å². The molecule has 2 heterocycles. The summed E-state index contributed by atoms with van der Waals surface area (Å²) in [7, 11) is 3.30. The molecular formula is C13H17N5O2. The number of amidine groups is 1. The van der Waals surface area contributed by atoms with Gasteiger partial charge in [-0.25, -0.2) is 9.48 Å². The lowest BCUT2D eigenvalue weighted by molar-refractivity contribution is 0.197. The van der Waals surface area contributed by atoms with Crippen molar-refractivity contribution in [3.63, 3.8) is 0 Å². The molecule has 20 heavy (non-hydrogen) atoms. The van der Waals surface area contributed by atoms with E-state index < -0.39 is 18.1 Å². The second-order valence-electron chi connectivity index (χ2n) is 4.60. The van der Waals surface area contributed by atoms with Crippen LogP contribution in [0.15, 0.2) is 4.99 Å². The third kappa shape index (κ3) is 1.90. The number of hydrogen-bond donors (Lipinski definition) is 1. The highest BCUT2D eigenvalue weighted by atomic mass is 16.5. The molecule has 2 rings (SSSR count). The zero-order valence-electron chi connectivity index (χ0n) is 11.9. The van der Waals surface area contributed by atoms with Crippen LogP contribution in [-0.2, 0) is 7.05 Å². The quantitative estimate of drug-likeness (QED) is 0.818. The Morgan fingerprint density at radius 1 is 1.55 bits per heavy atom. The number of methoxy groups -OCH3 is 1. The molecule has 1 aromatic heterocycles. The Labute approximate surface area is 117 Å². The van der Waals surface area contributed by atoms with Crippen LogP contribution in [-0.4, -0.2) is 39.7 Å². The lowest BCUT2D eigenvalue weighted by atomic mass is 10.0. The van der Waals surface area contributed by atoms with E-state index in [1.54, 1.807) is 25.8 Å². The average molecular weight is 275 g/mol. The summed E-state index contributed by atoms with van der Waals surface area (Å²) >= 11 is 0. The molecule has 1 aromatic rings. The molecule has 0 saturated heterocycles. The van der Waals surface area contributed by atoms with E-state index in [-0.39, 0.29) is 5.84 Å². The number of aliphatic imine (C=N–C) groups is 1. The molecule has 0 aromatic carbocycles. The number of hydrogen-bond acceptors (Lipinski definition) is 4. The predicted octanol–water partition coefficient (Wildman–Crippen LogP) is 0.593. The third-order valence-electron chi connectivity index (χ3n) is 3.34. The largest absolute Gasteiger partial charge is 0.481 e. The van der Waals surface area contributed by atoms with Gasteiger partial charge in [0.15, 0.2) is 0 Å². The summed E-state index contributed by atoms with van der Waals surface area (Å²) in [6.45, 7) is 3.57. The number of aryl methyl sites for hydroxylation is 2. The van der Waals surface area contributed by atoms with Crippen LogP contribution in [0.25, 0.3) is 0 Å². The summed E-state index contributed by atoms with van der Waals surface area (Å²) in [6.07, 6.45) is 5.43. The molecular weight excluding hydrogens is 258 g/mol. The van der Waals surface area contributed by atoms with Crippen molar-refractivity contribution in [3.05, 3.63) is 11.3 Å². The van der Waals surface area contributed by atoms with Crippen LogP contribution in [0.2, 0.25) is 0 Å². The number of aromatic nitrogens is 2. The van der Waals surface area contributed by atoms with Crippen LogP contribution in [0.1, 0.15) is 24.2 Å². The molecule has 0 saturated carbocycles. The first-order valence-electron chi connectivity index (χ1n) is 6.12. The van der Waals surface area contributed by atoms with E-state index in [0.29, 0.717) is 11.4 Å². The molecule has 2 unspecified atom stereocenters. The van der Waals surface area contributed by atoms with Gasteiger partial charge >= 0.3 is 6.03 Å². The highest BCUT2D eigenvalue weighted by Crippen LogP contribution is 2.36. The summed E-state index contributed by atoms with van der Waals surface area (Å²) < 4.78 is 6.95. The van der Waals surface area contributed by atoms with Gasteiger partial charge in [0.25, 0.3) is 0 Å². The van der Waals surface area contributed by atoms with E-state index in [0.717, 1.165) is 5.69 Å². The van der Waals surface area contributed by atoms with Crippen molar-refractivity contribution in [1.82, 2.24) is 14.7 Å². The van der Waals surface area contributed by atoms with E-state index in [1.165, 1.54) is 4.90 Å². The van der Waals surface area contributed by atoms with E-state index in [4.69, 9.17) is 16.9 Å². The number of nitrogens with two attached hydrogens (primary N) is 1. The first-order valence-corrected chi connectivity index (χ1v) is 6.12. The number of carbonyl (C=O) groups excluding carboxylic acids is 1. The zero-order chi connectivity index (χ0) is 15.0. The number of nitrogens with zero attached hydrogens (tertiary/aromatic N) is 4. The molecule has 0 radical (unpaired) electrons. The molecule has 0 spiro atoms. The highest BCUT2D eigenvalue weighted by Gasteiger charge is 2.41. The van der Waals surface area contributed by atoms with E-state index in [2.05, 4.69) is 16.0 Å². The summed E-state index contributed by atoms with van der Waals surface area (Å²) in [5.74, 6) is 3.27. The van der Waals surface area contributed by atoms with Gasteiger partial charge in [-0.2, -0.15) is 10.1 Å². The van der Waals surface area contributed by atoms with Gasteiger partial charge in [0, 0.05) is 7.05 Å². The Morgan fingerprint density at radius 3 is 2.75 bits per heavy atom. The molecule has 2 N–H and O–H groups in total. The first kappa shape index (κ1) is 13.9. The van der Waals surface area contributed by atoms with E-state index in [9.17, 15) is 4.79 Å². The number of amides is 2. The number of carbonyl (C=O) groups is 1. The van der Waals surface area contributed by atoms with Gasteiger partial charge in [-0.3, -0.25) is 4.90 Å². The minimum absolute atomic E-state index is 0.200. The second kappa shape index (κ2) is 4.89. The average Bonchev–Trinajstić information content (AvgIpc) is 2.83. The number of terminal acetylenes is 1. The van der Waals surface area contributed by atoms with E-state index in [1.807, 2.05) is 6.92 Å². The molecule has 1 aliphatic heterocycles. The van der Waals surface area contributed by atoms with Crippen molar-refractivity contribution in [3.8, 4) is 18.2 Å². The Bertz CT molecular complexity index is 625. The number of rotatable bonds is 3. The van der Waals surface area contributed by atoms with Gasteiger partial charge in [-0.1, -0.05) is 5.92 Å². The molecule has 0 fully saturated rings. The second-order valence-corrected chi connectivity index (χ2v) is 4.60. The third-order valence-corrected chi connectivity index (χ3v) is 3.34. The van der Waals surface area contributed by atoms with Crippen molar-refractivity contribution in [2.75, 3.05) is 7.11 Å². The van der Waals surface area contributed by atoms with Gasteiger partial charge < -0.3 is 10.5 Å². The highest BCUT2D eigenvalue weighted by molar-refractivity contribution is 6.04. The van der Waals surface area contributed by atoms with Gasteiger partial charge in [0.1, 0.15) is 11.9 Å². The first-order chi connectivity index (χ1) is 9.42. The number of ether oxygens (including phenoxy) is 1. The molecule has 2 amide bonds. The van der Waals surface area contributed by atoms with E-state index >= 15 is 0 Å². The fraction of sp³-hybridized carbons (Fsp3) is 0.462. The van der Waals surface area contributed by atoms with Crippen molar-refractivity contribution in [2.45, 2.75) is 25.9 Å². The van der Waals surface area contributed by atoms with Gasteiger partial charge in [-0.15, -0.1) is 6.42 Å². The number of urea groups is 1. The molecule has 0 aliphatic carbocycles. The molecule has 7 nitrogen and oxygen atoms in total. The Hall–Kier alpha value is -2.49. The summed E-state index contributed by atoms with van der Waals surface area (Å²) in [5, 5.41) is 4.30. The van der Waals surface area contributed by atoms with Crippen molar-refractivity contribution < 1.29 is 9.53 Å². The summed E-state index contributed by atoms with van der Waals surface area (Å²) in [4.78, 5) is 17.3. The lowest BCUT2D eigenvalue weighted by Crippen LogP contribution is -2.39. The standard InChI is InChI=1S/C13H17N5O2/c1-6-7(2)18-10(11(14)15-13(18)19)9-8(3)16-17(4)12(9)20-5/h1,7,10H,2-5H3,(H2,14,15,19). The molecule has 106 valence electrons. The topological polar surface area (TPSA) is 85.7 Å². The minimum Gasteiger partial charge on any atom is -0.481 e. The lowest BCUT2D eigenvalue weighted by Gasteiger charge is -2.27. The maximum Gasteiger partial charge on any atom is 0.347 e. The smallest absolute Gasteiger partial charge is 0.347 e. The van der Waals surface area contributed by atoms with Crippen molar-refractivity contribution >= 4 is 11.9 Å². The minimum atomic E-state index is -0.544. The van der Waals surface area contributed by atoms with Crippen molar-refractivity contribution in [2.24, 2.45) is 17.8 Å². The van der Waals surface area contributed by atoms with Crippen LogP contribution >= 0.6 is 0 Å². The van der Waals surface area contributed by atoms with Crippen LogP contribution < -0.4 is 10.5 Å². The molecule has 2 atom stereocenters. The SMILES string of the molecule is C#CC(C)N1C(=O)N=C(N)C1c1c(C)nn(C)c1OC. The Balaban J connectivity index is 2.58. The zero-order valence-corrected chi connectivity index (χ0v) is 11.9. The maximum absolute atomic E-state index is 12.0. The monoisotopic (exact) mass is 275 g/mol. The molecule has 1 aliphatic rings. The molecule has 7 heteroatoms. The van der Waals surface area contributed by atoms with Crippen LogP contribution in [0, 0.1) is 19.3 Å². The summed E-state index contributed by atoms with van der Waals surface area (Å²) in [5.41, 5.74) is 7.34. The Kier molecular flexibility index (Phi) is 3.40. The maximum atomic E-state index is 12.0. The fourth-order valence-electron chi connectivity index (χ4n) is 2.45. The Morgan fingerprint density at radius 2 is 2.20 bits per heavy atom. The summed E-state index contributed by atoms with van der Waals surface area (Å²) in [6, 6.07) is -1.41. The predicted molar refractivity (Wildman–Crippen MR) is 74.4 cm³/mol. The van der Waals surface area contributed by atoms with Crippen LogP contribution in [0.3, 0.4) is 0 Å². The van der Waals surface area contributed by atoms with Gasteiger partial charge in [0.05, 0.1) is 24.4 Å². The van der Waals surface area contributed by atoms with Crippen molar-refractivity contribution in [1.29, 1.82) is 0 Å². The van der Waals surface area contributed by atoms with Crippen LogP contribution in [0.5, 0.6) is 5.88 Å². The van der Waals surface area contributed by atoms with Gasteiger partial charge in [0.2, 0.25) is 5.88 Å². The fourth-order valence-corrected chi connectivity index (χ4v) is 2.45. The normalized spacial score (nSPS) is 19.8. The molecule has 0 bridgehead atoms.